The molecule has 1 fully saturated rings. The second-order valence-corrected chi connectivity index (χ2v) is 7.93. The van der Waals surface area contributed by atoms with E-state index in [-0.39, 0.29) is 12.1 Å². The number of piperidine rings is 1. The minimum Gasteiger partial charge on any atom is -0.444 e. The minimum atomic E-state index is -0.901. The summed E-state index contributed by atoms with van der Waals surface area (Å²) >= 11 is 3.44. The smallest absolute Gasteiger partial charge is 0.410 e. The fourth-order valence-corrected chi connectivity index (χ4v) is 3.26. The van der Waals surface area contributed by atoms with Crippen LogP contribution in [0.4, 0.5) is 4.79 Å². The first-order valence-electron chi connectivity index (χ1n) is 7.59. The van der Waals surface area contributed by atoms with Crippen LogP contribution in [-0.2, 0) is 10.3 Å². The van der Waals surface area contributed by atoms with E-state index in [0.29, 0.717) is 19.4 Å². The van der Waals surface area contributed by atoms with Crippen LogP contribution in [0.15, 0.2) is 28.7 Å². The monoisotopic (exact) mass is 369 g/mol. The van der Waals surface area contributed by atoms with Gasteiger partial charge >= 0.3 is 6.09 Å². The number of hydrogen-bond acceptors (Lipinski definition) is 3. The summed E-state index contributed by atoms with van der Waals surface area (Å²) in [5.41, 5.74) is -0.520. The first-order valence-corrected chi connectivity index (χ1v) is 8.38. The third kappa shape index (κ3) is 4.02. The van der Waals surface area contributed by atoms with Crippen molar-refractivity contribution in [3.8, 4) is 0 Å². The highest BCUT2D eigenvalue weighted by molar-refractivity contribution is 9.10. The van der Waals surface area contributed by atoms with Crippen molar-refractivity contribution in [3.05, 3.63) is 34.3 Å². The third-order valence-corrected chi connectivity index (χ3v) is 4.41. The van der Waals surface area contributed by atoms with Crippen LogP contribution >= 0.6 is 15.9 Å². The fraction of sp³-hybridized carbons (Fsp3) is 0.588. The highest BCUT2D eigenvalue weighted by Crippen LogP contribution is 2.37. The number of ether oxygens (including phenoxy) is 1. The molecule has 1 N–H and O–H groups in total. The number of benzene rings is 1. The van der Waals surface area contributed by atoms with Gasteiger partial charge in [-0.3, -0.25) is 0 Å². The summed E-state index contributed by atoms with van der Waals surface area (Å²) in [4.78, 5) is 13.9. The molecule has 0 spiro atoms. The highest BCUT2D eigenvalue weighted by Gasteiger charge is 2.40. The van der Waals surface area contributed by atoms with Gasteiger partial charge in [0, 0.05) is 23.5 Å². The van der Waals surface area contributed by atoms with Crippen LogP contribution in [0, 0.1) is 0 Å². The van der Waals surface area contributed by atoms with Gasteiger partial charge in [0.2, 0.25) is 0 Å². The van der Waals surface area contributed by atoms with E-state index in [4.69, 9.17) is 4.74 Å². The number of rotatable bonds is 1. The molecule has 1 aromatic rings. The second-order valence-electron chi connectivity index (χ2n) is 7.02. The molecule has 1 amide bonds. The van der Waals surface area contributed by atoms with Crippen LogP contribution in [0.1, 0.15) is 46.1 Å². The summed E-state index contributed by atoms with van der Waals surface area (Å²) in [6.07, 6.45) is 0.701. The Kier molecular flexibility index (Phi) is 4.87. The average molecular weight is 370 g/mol. The summed E-state index contributed by atoms with van der Waals surface area (Å²) in [5.74, 6) is 0. The molecule has 1 aromatic carbocycles. The molecule has 0 bridgehead atoms. The van der Waals surface area contributed by atoms with Gasteiger partial charge in [0.1, 0.15) is 5.60 Å². The maximum atomic E-state index is 12.2. The molecule has 1 aliphatic rings. The van der Waals surface area contributed by atoms with E-state index >= 15 is 0 Å². The SMILES string of the molecule is CC1CC(O)(c2cccc(Br)c2)CCN1C(=O)OC(C)(C)C. The molecule has 1 aliphatic heterocycles. The molecule has 0 aliphatic carbocycles. The summed E-state index contributed by atoms with van der Waals surface area (Å²) < 4.78 is 6.38. The zero-order chi connectivity index (χ0) is 16.5. The number of amides is 1. The van der Waals surface area contributed by atoms with Crippen molar-refractivity contribution >= 4 is 22.0 Å². The number of aliphatic hydroxyl groups is 1. The molecule has 0 radical (unpaired) electrons. The zero-order valence-corrected chi connectivity index (χ0v) is 15.2. The van der Waals surface area contributed by atoms with E-state index < -0.39 is 11.2 Å². The molecule has 1 saturated heterocycles. The van der Waals surface area contributed by atoms with Crippen LogP contribution in [0.3, 0.4) is 0 Å². The molecular weight excluding hydrogens is 346 g/mol. The molecule has 0 aromatic heterocycles. The Balaban J connectivity index is 2.11. The molecule has 122 valence electrons. The number of carbonyl (C=O) groups excluding carboxylic acids is 1. The Hall–Kier alpha value is -1.07. The van der Waals surface area contributed by atoms with E-state index in [1.165, 1.54) is 0 Å². The van der Waals surface area contributed by atoms with Crippen molar-refractivity contribution in [2.75, 3.05) is 6.54 Å². The summed E-state index contributed by atoms with van der Waals surface area (Å²) in [6.45, 7) is 8.01. The lowest BCUT2D eigenvalue weighted by Gasteiger charge is -2.43. The Morgan fingerprint density at radius 2 is 2.14 bits per heavy atom. The lowest BCUT2D eigenvalue weighted by molar-refractivity contribution is -0.0546. The molecule has 4 nitrogen and oxygen atoms in total. The van der Waals surface area contributed by atoms with Gasteiger partial charge in [-0.15, -0.1) is 0 Å². The number of nitrogens with zero attached hydrogens (tertiary/aromatic N) is 1. The van der Waals surface area contributed by atoms with Crippen molar-refractivity contribution in [3.63, 3.8) is 0 Å². The van der Waals surface area contributed by atoms with Crippen molar-refractivity contribution < 1.29 is 14.6 Å². The van der Waals surface area contributed by atoms with E-state index in [1.807, 2.05) is 52.0 Å². The van der Waals surface area contributed by atoms with Crippen LogP contribution < -0.4 is 0 Å². The van der Waals surface area contributed by atoms with Crippen molar-refractivity contribution in [2.45, 2.75) is 57.8 Å². The van der Waals surface area contributed by atoms with E-state index in [1.54, 1.807) is 4.90 Å². The normalized spacial score (nSPS) is 25.9. The molecule has 2 unspecified atom stereocenters. The Morgan fingerprint density at radius 1 is 1.45 bits per heavy atom. The highest BCUT2D eigenvalue weighted by atomic mass is 79.9. The van der Waals surface area contributed by atoms with Crippen LogP contribution in [0.2, 0.25) is 0 Å². The largest absolute Gasteiger partial charge is 0.444 e. The standard InChI is InChI=1S/C17H24BrNO3/c1-12-11-17(21,13-6-5-7-14(18)10-13)8-9-19(12)15(20)22-16(2,3)4/h5-7,10,12,21H,8-9,11H2,1-4H3. The molecule has 5 heteroatoms. The maximum absolute atomic E-state index is 12.2. The van der Waals surface area contributed by atoms with Gasteiger partial charge in [-0.25, -0.2) is 4.79 Å². The summed E-state index contributed by atoms with van der Waals surface area (Å²) in [5, 5.41) is 11.0. The second kappa shape index (κ2) is 6.20. The van der Waals surface area contributed by atoms with Gasteiger partial charge in [-0.05, 0) is 51.8 Å². The predicted molar refractivity (Wildman–Crippen MR) is 89.7 cm³/mol. The molecule has 2 rings (SSSR count). The molecule has 1 heterocycles. The van der Waals surface area contributed by atoms with E-state index in [9.17, 15) is 9.90 Å². The van der Waals surface area contributed by atoms with Gasteiger partial charge in [-0.2, -0.15) is 0 Å². The Bertz CT molecular complexity index is 555. The summed E-state index contributed by atoms with van der Waals surface area (Å²) in [6, 6.07) is 7.65. The van der Waals surface area contributed by atoms with Gasteiger partial charge in [0.25, 0.3) is 0 Å². The lowest BCUT2D eigenvalue weighted by atomic mass is 9.81. The Morgan fingerprint density at radius 3 is 2.68 bits per heavy atom. The third-order valence-electron chi connectivity index (χ3n) is 3.92. The quantitative estimate of drug-likeness (QED) is 0.811. The number of likely N-dealkylation sites (tertiary alicyclic amines) is 1. The first kappa shape index (κ1) is 17.3. The molecular formula is C17H24BrNO3. The lowest BCUT2D eigenvalue weighted by Crippen LogP contribution is -2.51. The van der Waals surface area contributed by atoms with Crippen LogP contribution in [-0.4, -0.2) is 34.3 Å². The van der Waals surface area contributed by atoms with Crippen LogP contribution in [0.5, 0.6) is 0 Å². The number of carbonyl (C=O) groups is 1. The average Bonchev–Trinajstić information content (AvgIpc) is 2.36. The van der Waals surface area contributed by atoms with Crippen molar-refractivity contribution in [1.29, 1.82) is 0 Å². The Labute approximate surface area is 140 Å². The maximum Gasteiger partial charge on any atom is 0.410 e. The molecule has 22 heavy (non-hydrogen) atoms. The fourth-order valence-electron chi connectivity index (χ4n) is 2.86. The molecule has 0 saturated carbocycles. The predicted octanol–water partition coefficient (Wildman–Crippen LogP) is 4.06. The van der Waals surface area contributed by atoms with E-state index in [2.05, 4.69) is 15.9 Å². The summed E-state index contributed by atoms with van der Waals surface area (Å²) in [7, 11) is 0. The number of halogens is 1. The van der Waals surface area contributed by atoms with Crippen molar-refractivity contribution in [2.24, 2.45) is 0 Å². The van der Waals surface area contributed by atoms with Crippen molar-refractivity contribution in [1.82, 2.24) is 4.90 Å². The topological polar surface area (TPSA) is 49.8 Å². The minimum absolute atomic E-state index is 0.0763. The van der Waals surface area contributed by atoms with Gasteiger partial charge in [0.15, 0.2) is 0 Å². The first-order chi connectivity index (χ1) is 10.1. The number of hydrogen-bond donors (Lipinski definition) is 1. The van der Waals surface area contributed by atoms with Gasteiger partial charge in [-0.1, -0.05) is 28.1 Å². The zero-order valence-electron chi connectivity index (χ0n) is 13.6. The molecule has 2 atom stereocenters. The van der Waals surface area contributed by atoms with Crippen LogP contribution in [0.25, 0.3) is 0 Å². The van der Waals surface area contributed by atoms with E-state index in [0.717, 1.165) is 10.0 Å². The van der Waals surface area contributed by atoms with Gasteiger partial charge in [0.05, 0.1) is 5.60 Å². The van der Waals surface area contributed by atoms with Gasteiger partial charge < -0.3 is 14.7 Å².